The van der Waals surface area contributed by atoms with Crippen molar-refractivity contribution in [3.8, 4) is 0 Å². The van der Waals surface area contributed by atoms with E-state index in [1.807, 2.05) is 6.92 Å². The summed E-state index contributed by atoms with van der Waals surface area (Å²) in [6.07, 6.45) is 4.84. The van der Waals surface area contributed by atoms with Crippen LogP contribution < -0.4 is 0 Å². The molecule has 4 nitrogen and oxygen atoms in total. The predicted molar refractivity (Wildman–Crippen MR) is 59.2 cm³/mol. The molecule has 16 heavy (non-hydrogen) atoms. The van der Waals surface area contributed by atoms with Gasteiger partial charge in [0.15, 0.2) is 0 Å². The number of hydrogen-bond acceptors (Lipinski definition) is 4. The highest BCUT2D eigenvalue weighted by Crippen LogP contribution is 2.07. The van der Waals surface area contributed by atoms with Gasteiger partial charge in [-0.1, -0.05) is 0 Å². The molecular formula is C12H11N3O. The first-order valence-corrected chi connectivity index (χ1v) is 4.93. The molecular weight excluding hydrogens is 202 g/mol. The molecule has 2 rings (SSSR count). The zero-order valence-corrected chi connectivity index (χ0v) is 9.14. The van der Waals surface area contributed by atoms with Gasteiger partial charge in [0.05, 0.1) is 0 Å². The molecule has 2 aromatic heterocycles. The quantitative estimate of drug-likeness (QED) is 0.713. The summed E-state index contributed by atoms with van der Waals surface area (Å²) in [4.78, 5) is 24.1. The fraction of sp³-hybridized carbons (Fsp3) is 0.167. The van der Waals surface area contributed by atoms with Crippen LogP contribution >= 0.6 is 0 Å². The second-order valence-corrected chi connectivity index (χ2v) is 3.57. The number of aryl methyl sites for hydroxylation is 2. The fourth-order valence-corrected chi connectivity index (χ4v) is 1.41. The number of hydrogen-bond donors (Lipinski definition) is 0. The van der Waals surface area contributed by atoms with Crippen LogP contribution in [0.3, 0.4) is 0 Å². The van der Waals surface area contributed by atoms with E-state index in [0.29, 0.717) is 17.1 Å². The van der Waals surface area contributed by atoms with Crippen molar-refractivity contribution in [1.82, 2.24) is 15.0 Å². The Morgan fingerprint density at radius 2 is 2.06 bits per heavy atom. The van der Waals surface area contributed by atoms with Gasteiger partial charge in [-0.15, -0.1) is 0 Å². The zero-order chi connectivity index (χ0) is 11.5. The smallest absolute Gasteiger partial charge is 0.213 e. The molecule has 2 aromatic rings. The highest BCUT2D eigenvalue weighted by molar-refractivity contribution is 6.07. The van der Waals surface area contributed by atoms with Crippen molar-refractivity contribution in [1.29, 1.82) is 0 Å². The fourth-order valence-electron chi connectivity index (χ4n) is 1.41. The molecule has 0 saturated carbocycles. The van der Waals surface area contributed by atoms with Gasteiger partial charge >= 0.3 is 0 Å². The largest absolute Gasteiger partial charge is 0.287 e. The molecule has 0 aliphatic heterocycles. The van der Waals surface area contributed by atoms with Crippen LogP contribution in [-0.2, 0) is 0 Å². The Morgan fingerprint density at radius 1 is 1.25 bits per heavy atom. The molecule has 0 aliphatic rings. The van der Waals surface area contributed by atoms with Crippen molar-refractivity contribution in [2.45, 2.75) is 13.8 Å². The highest BCUT2D eigenvalue weighted by Gasteiger charge is 2.11. The van der Waals surface area contributed by atoms with Crippen LogP contribution in [0.2, 0.25) is 0 Å². The van der Waals surface area contributed by atoms with E-state index in [9.17, 15) is 4.79 Å². The van der Waals surface area contributed by atoms with Gasteiger partial charge in [-0.05, 0) is 31.5 Å². The van der Waals surface area contributed by atoms with Gasteiger partial charge in [-0.25, -0.2) is 9.97 Å². The third kappa shape index (κ3) is 2.11. The number of carbonyl (C=O) groups is 1. The van der Waals surface area contributed by atoms with E-state index in [1.165, 1.54) is 0 Å². The van der Waals surface area contributed by atoms with E-state index in [1.54, 1.807) is 37.6 Å². The number of ketones is 1. The molecule has 0 bridgehead atoms. The summed E-state index contributed by atoms with van der Waals surface area (Å²) >= 11 is 0. The second kappa shape index (κ2) is 4.18. The average molecular weight is 213 g/mol. The minimum atomic E-state index is -0.123. The van der Waals surface area contributed by atoms with E-state index in [0.717, 1.165) is 5.56 Å². The summed E-state index contributed by atoms with van der Waals surface area (Å²) in [6, 6.07) is 3.41. The van der Waals surface area contributed by atoms with Gasteiger partial charge in [0.25, 0.3) is 0 Å². The number of rotatable bonds is 2. The first-order chi connectivity index (χ1) is 7.66. The molecule has 0 fully saturated rings. The topological polar surface area (TPSA) is 55.7 Å². The van der Waals surface area contributed by atoms with Crippen LogP contribution in [0, 0.1) is 13.8 Å². The number of pyridine rings is 1. The van der Waals surface area contributed by atoms with E-state index >= 15 is 0 Å². The minimum absolute atomic E-state index is 0.123. The minimum Gasteiger partial charge on any atom is -0.287 e. The standard InChI is InChI=1S/C12H11N3O/c1-8-5-10(7-13-6-8)12(16)11-3-4-14-9(2)15-11/h3-7H,1-2H3. The molecule has 0 unspecified atom stereocenters. The van der Waals surface area contributed by atoms with Crippen molar-refractivity contribution in [2.24, 2.45) is 0 Å². The molecule has 4 heteroatoms. The number of aromatic nitrogens is 3. The maximum absolute atomic E-state index is 12.0. The summed E-state index contributed by atoms with van der Waals surface area (Å²) in [5.74, 6) is 0.466. The third-order valence-corrected chi connectivity index (χ3v) is 2.15. The Morgan fingerprint density at radius 3 is 2.75 bits per heavy atom. The van der Waals surface area contributed by atoms with Crippen molar-refractivity contribution < 1.29 is 4.79 Å². The first-order valence-electron chi connectivity index (χ1n) is 4.93. The molecule has 0 amide bonds. The van der Waals surface area contributed by atoms with Crippen LogP contribution in [0.25, 0.3) is 0 Å². The van der Waals surface area contributed by atoms with Gasteiger partial charge in [0.2, 0.25) is 5.78 Å². The van der Waals surface area contributed by atoms with E-state index in [4.69, 9.17) is 0 Å². The summed E-state index contributed by atoms with van der Waals surface area (Å²) in [5.41, 5.74) is 1.91. The third-order valence-electron chi connectivity index (χ3n) is 2.15. The Labute approximate surface area is 93.4 Å². The monoisotopic (exact) mass is 213 g/mol. The maximum atomic E-state index is 12.0. The second-order valence-electron chi connectivity index (χ2n) is 3.57. The van der Waals surface area contributed by atoms with Gasteiger partial charge in [-0.2, -0.15) is 0 Å². The van der Waals surface area contributed by atoms with Crippen molar-refractivity contribution in [3.05, 3.63) is 53.4 Å². The predicted octanol–water partition coefficient (Wildman–Crippen LogP) is 1.72. The van der Waals surface area contributed by atoms with E-state index < -0.39 is 0 Å². The normalized spacial score (nSPS) is 10.1. The summed E-state index contributed by atoms with van der Waals surface area (Å²) in [5, 5.41) is 0. The lowest BCUT2D eigenvalue weighted by Gasteiger charge is -2.01. The van der Waals surface area contributed by atoms with Crippen molar-refractivity contribution in [2.75, 3.05) is 0 Å². The highest BCUT2D eigenvalue weighted by atomic mass is 16.1. The molecule has 0 atom stereocenters. The van der Waals surface area contributed by atoms with E-state index in [2.05, 4.69) is 15.0 Å². The van der Waals surface area contributed by atoms with E-state index in [-0.39, 0.29) is 5.78 Å². The van der Waals surface area contributed by atoms with Crippen LogP contribution in [0.1, 0.15) is 27.4 Å². The van der Waals surface area contributed by atoms with Gasteiger partial charge in [0, 0.05) is 24.2 Å². The van der Waals surface area contributed by atoms with Crippen LogP contribution in [0.5, 0.6) is 0 Å². The van der Waals surface area contributed by atoms with Crippen LogP contribution in [0.4, 0.5) is 0 Å². The summed E-state index contributed by atoms with van der Waals surface area (Å²) in [7, 11) is 0. The lowest BCUT2D eigenvalue weighted by atomic mass is 10.1. The number of nitrogens with zero attached hydrogens (tertiary/aromatic N) is 3. The molecule has 0 N–H and O–H groups in total. The molecule has 2 heterocycles. The zero-order valence-electron chi connectivity index (χ0n) is 9.14. The van der Waals surface area contributed by atoms with Gasteiger partial charge < -0.3 is 0 Å². The van der Waals surface area contributed by atoms with Gasteiger partial charge in [0.1, 0.15) is 11.5 Å². The average Bonchev–Trinajstić information content (AvgIpc) is 2.28. The lowest BCUT2D eigenvalue weighted by Crippen LogP contribution is -2.06. The summed E-state index contributed by atoms with van der Waals surface area (Å²) in [6.45, 7) is 3.65. The number of carbonyl (C=O) groups excluding carboxylic acids is 1. The lowest BCUT2D eigenvalue weighted by molar-refractivity contribution is 0.103. The van der Waals surface area contributed by atoms with Crippen molar-refractivity contribution >= 4 is 5.78 Å². The molecule has 0 aromatic carbocycles. The maximum Gasteiger partial charge on any atom is 0.213 e. The van der Waals surface area contributed by atoms with Crippen molar-refractivity contribution in [3.63, 3.8) is 0 Å². The Bertz CT molecular complexity index is 490. The van der Waals surface area contributed by atoms with Crippen LogP contribution in [0.15, 0.2) is 30.7 Å². The van der Waals surface area contributed by atoms with Gasteiger partial charge in [-0.3, -0.25) is 9.78 Å². The molecule has 0 saturated heterocycles. The Balaban J connectivity index is 2.39. The molecule has 80 valence electrons. The summed E-state index contributed by atoms with van der Waals surface area (Å²) < 4.78 is 0. The molecule has 0 spiro atoms. The Kier molecular flexibility index (Phi) is 2.72. The Hall–Kier alpha value is -2.10. The van der Waals surface area contributed by atoms with Crippen LogP contribution in [-0.4, -0.2) is 20.7 Å². The SMILES string of the molecule is Cc1cncc(C(=O)c2ccnc(C)n2)c1. The molecule has 0 aliphatic carbocycles. The first kappa shape index (κ1) is 10.4. The molecule has 0 radical (unpaired) electrons.